The van der Waals surface area contributed by atoms with Gasteiger partial charge in [0.2, 0.25) is 0 Å². The highest BCUT2D eigenvalue weighted by molar-refractivity contribution is 5.92. The molecule has 2 aromatic rings. The molecule has 2 aromatic carbocycles. The molecule has 0 unspecified atom stereocenters. The molecule has 1 fully saturated rings. The maximum Gasteiger partial charge on any atom is 0.127 e. The van der Waals surface area contributed by atoms with Gasteiger partial charge in [-0.1, -0.05) is 24.3 Å². The zero-order valence-corrected chi connectivity index (χ0v) is 11.0. The number of hydrogen-bond acceptors (Lipinski definition) is 4. The Labute approximate surface area is 117 Å². The molecular formula is C16H16N2O2. The minimum absolute atomic E-state index is 0.180. The van der Waals surface area contributed by atoms with E-state index in [1.165, 1.54) is 0 Å². The van der Waals surface area contributed by atoms with Crippen molar-refractivity contribution in [1.82, 2.24) is 5.32 Å². The molecule has 2 N–H and O–H groups in total. The fourth-order valence-corrected chi connectivity index (χ4v) is 2.61. The van der Waals surface area contributed by atoms with Crippen LogP contribution in [0.1, 0.15) is 12.0 Å². The van der Waals surface area contributed by atoms with Crippen LogP contribution in [0, 0.1) is 11.3 Å². The second-order valence-corrected chi connectivity index (χ2v) is 5.07. The molecule has 0 saturated carbocycles. The summed E-state index contributed by atoms with van der Waals surface area (Å²) in [6.45, 7) is 1.15. The third kappa shape index (κ3) is 2.46. The van der Waals surface area contributed by atoms with Crippen molar-refractivity contribution in [3.05, 3.63) is 42.0 Å². The van der Waals surface area contributed by atoms with E-state index in [-0.39, 0.29) is 12.1 Å². The second-order valence-electron chi connectivity index (χ2n) is 5.07. The third-order valence-corrected chi connectivity index (χ3v) is 3.64. The van der Waals surface area contributed by atoms with E-state index in [1.54, 1.807) is 6.07 Å². The molecule has 102 valence electrons. The Morgan fingerprint density at radius 1 is 1.25 bits per heavy atom. The Bertz CT molecular complexity index is 663. The number of aliphatic hydroxyl groups is 1. The monoisotopic (exact) mass is 268 g/mol. The fourth-order valence-electron chi connectivity index (χ4n) is 2.61. The van der Waals surface area contributed by atoms with Crippen LogP contribution in [0.3, 0.4) is 0 Å². The first-order chi connectivity index (χ1) is 9.78. The van der Waals surface area contributed by atoms with Gasteiger partial charge in [0, 0.05) is 23.4 Å². The van der Waals surface area contributed by atoms with Gasteiger partial charge >= 0.3 is 0 Å². The number of nitriles is 1. The molecule has 1 heterocycles. The summed E-state index contributed by atoms with van der Waals surface area (Å²) in [4.78, 5) is 0. The molecule has 1 saturated heterocycles. The average molecular weight is 268 g/mol. The van der Waals surface area contributed by atoms with Crippen molar-refractivity contribution in [3.8, 4) is 11.8 Å². The van der Waals surface area contributed by atoms with Crippen LogP contribution in [0.25, 0.3) is 10.8 Å². The summed E-state index contributed by atoms with van der Waals surface area (Å²) in [5.41, 5.74) is 0.655. The Hall–Kier alpha value is -2.09. The molecule has 4 nitrogen and oxygen atoms in total. The molecule has 0 radical (unpaired) electrons. The van der Waals surface area contributed by atoms with Crippen LogP contribution < -0.4 is 10.1 Å². The van der Waals surface area contributed by atoms with Gasteiger partial charge in [0.25, 0.3) is 0 Å². The normalized spacial score (nSPS) is 21.8. The molecule has 20 heavy (non-hydrogen) atoms. The number of rotatable bonds is 3. The molecule has 1 aliphatic heterocycles. The largest absolute Gasteiger partial charge is 0.491 e. The predicted molar refractivity (Wildman–Crippen MR) is 76.6 cm³/mol. The van der Waals surface area contributed by atoms with Gasteiger partial charge in [-0.3, -0.25) is 0 Å². The summed E-state index contributed by atoms with van der Waals surface area (Å²) in [6.07, 6.45) is 0.440. The molecule has 0 amide bonds. The van der Waals surface area contributed by atoms with Crippen LogP contribution in [0.5, 0.6) is 5.75 Å². The van der Waals surface area contributed by atoms with Gasteiger partial charge < -0.3 is 15.2 Å². The van der Waals surface area contributed by atoms with Crippen molar-refractivity contribution in [2.45, 2.75) is 18.6 Å². The first-order valence-electron chi connectivity index (χ1n) is 6.74. The highest BCUT2D eigenvalue weighted by Gasteiger charge is 2.22. The summed E-state index contributed by atoms with van der Waals surface area (Å²) in [6, 6.07) is 13.8. The van der Waals surface area contributed by atoms with E-state index < -0.39 is 0 Å². The van der Waals surface area contributed by atoms with E-state index in [2.05, 4.69) is 11.4 Å². The number of benzene rings is 2. The molecular weight excluding hydrogens is 252 g/mol. The van der Waals surface area contributed by atoms with Crippen LogP contribution in [-0.4, -0.2) is 30.4 Å². The number of hydrogen-bond donors (Lipinski definition) is 2. The van der Waals surface area contributed by atoms with E-state index in [0.29, 0.717) is 25.1 Å². The van der Waals surface area contributed by atoms with Crippen molar-refractivity contribution >= 4 is 10.8 Å². The van der Waals surface area contributed by atoms with E-state index in [4.69, 9.17) is 10.00 Å². The number of nitrogens with one attached hydrogen (secondary N) is 1. The number of nitrogens with zero attached hydrogens (tertiary/aromatic N) is 1. The lowest BCUT2D eigenvalue weighted by Gasteiger charge is -2.14. The second kappa shape index (κ2) is 5.49. The summed E-state index contributed by atoms with van der Waals surface area (Å²) in [5.74, 6) is 0.780. The Morgan fingerprint density at radius 3 is 2.75 bits per heavy atom. The van der Waals surface area contributed by atoms with Crippen LogP contribution in [0.15, 0.2) is 36.4 Å². The molecule has 0 spiro atoms. The highest BCUT2D eigenvalue weighted by atomic mass is 16.5. The van der Waals surface area contributed by atoms with Crippen LogP contribution >= 0.6 is 0 Å². The van der Waals surface area contributed by atoms with E-state index in [0.717, 1.165) is 16.5 Å². The minimum Gasteiger partial charge on any atom is -0.491 e. The van der Waals surface area contributed by atoms with E-state index in [1.807, 2.05) is 30.3 Å². The quantitative estimate of drug-likeness (QED) is 0.891. The molecule has 0 bridgehead atoms. The van der Waals surface area contributed by atoms with Gasteiger partial charge in [0.05, 0.1) is 17.7 Å². The number of β-amino-alcohol motifs (C(OH)–C–C–N with tert-alkyl or cyclic N) is 1. The van der Waals surface area contributed by atoms with Crippen molar-refractivity contribution < 1.29 is 9.84 Å². The van der Waals surface area contributed by atoms with Gasteiger partial charge in [-0.15, -0.1) is 0 Å². The van der Waals surface area contributed by atoms with Crippen molar-refractivity contribution in [1.29, 1.82) is 5.26 Å². The van der Waals surface area contributed by atoms with Crippen LogP contribution in [-0.2, 0) is 0 Å². The minimum atomic E-state index is -0.277. The van der Waals surface area contributed by atoms with Crippen molar-refractivity contribution in [2.75, 3.05) is 13.2 Å². The molecule has 0 aromatic heterocycles. The first-order valence-corrected chi connectivity index (χ1v) is 6.74. The summed E-state index contributed by atoms with van der Waals surface area (Å²) >= 11 is 0. The van der Waals surface area contributed by atoms with Gasteiger partial charge in [-0.05, 0) is 18.6 Å². The first kappa shape index (κ1) is 12.9. The van der Waals surface area contributed by atoms with Gasteiger partial charge in [-0.25, -0.2) is 0 Å². The predicted octanol–water partition coefficient (Wildman–Crippen LogP) is 1.81. The summed E-state index contributed by atoms with van der Waals surface area (Å²) < 4.78 is 5.87. The van der Waals surface area contributed by atoms with Gasteiger partial charge in [-0.2, -0.15) is 5.26 Å². The standard InChI is InChI=1S/C16H16N2O2/c17-8-11-5-6-16(15-4-2-1-3-14(11)15)20-10-12-7-13(19)9-18-12/h1-6,12-13,18-19H,7,9-10H2/t12-,13-/m1/s1. The maximum atomic E-state index is 9.48. The lowest BCUT2D eigenvalue weighted by Crippen LogP contribution is -2.28. The number of aliphatic hydroxyl groups excluding tert-OH is 1. The summed E-state index contributed by atoms with van der Waals surface area (Å²) in [5, 5.41) is 23.7. The smallest absolute Gasteiger partial charge is 0.127 e. The van der Waals surface area contributed by atoms with Crippen LogP contribution in [0.2, 0.25) is 0 Å². The molecule has 3 rings (SSSR count). The summed E-state index contributed by atoms with van der Waals surface area (Å²) in [7, 11) is 0. The lowest BCUT2D eigenvalue weighted by atomic mass is 10.0. The van der Waals surface area contributed by atoms with E-state index >= 15 is 0 Å². The fraction of sp³-hybridized carbons (Fsp3) is 0.312. The topological polar surface area (TPSA) is 65.3 Å². The zero-order valence-electron chi connectivity index (χ0n) is 11.0. The SMILES string of the molecule is N#Cc1ccc(OC[C@H]2C[C@@H](O)CN2)c2ccccc12. The lowest BCUT2D eigenvalue weighted by molar-refractivity contribution is 0.187. The Kier molecular flexibility index (Phi) is 3.55. The Balaban J connectivity index is 1.83. The van der Waals surface area contributed by atoms with E-state index in [9.17, 15) is 5.11 Å². The zero-order chi connectivity index (χ0) is 13.9. The van der Waals surface area contributed by atoms with Gasteiger partial charge in [0.15, 0.2) is 0 Å². The average Bonchev–Trinajstić information content (AvgIpc) is 2.90. The molecule has 1 aliphatic rings. The van der Waals surface area contributed by atoms with Gasteiger partial charge in [0.1, 0.15) is 12.4 Å². The molecule has 2 atom stereocenters. The molecule has 4 heteroatoms. The maximum absolute atomic E-state index is 9.48. The molecule has 0 aliphatic carbocycles. The number of fused-ring (bicyclic) bond motifs is 1. The highest BCUT2D eigenvalue weighted by Crippen LogP contribution is 2.28. The third-order valence-electron chi connectivity index (χ3n) is 3.64. The van der Waals surface area contributed by atoms with Crippen LogP contribution in [0.4, 0.5) is 0 Å². The number of ether oxygens (including phenoxy) is 1. The van der Waals surface area contributed by atoms with Crippen molar-refractivity contribution in [3.63, 3.8) is 0 Å². The Morgan fingerprint density at radius 2 is 2.05 bits per heavy atom. The van der Waals surface area contributed by atoms with Crippen molar-refractivity contribution in [2.24, 2.45) is 0 Å².